The van der Waals surface area contributed by atoms with Crippen molar-refractivity contribution in [2.45, 2.75) is 12.5 Å². The standard InChI is InChI=1S/C16H10F4N4O4/c17-10-9(11(18)13(20)14(12(10)19)23-24-21)15(26)22-8(16(27)28)5-6-1-3-7(25)4-2-6/h1-4,8,25H,5H2,(H,22,26)(H,27,28). The first-order valence-corrected chi connectivity index (χ1v) is 7.40. The van der Waals surface area contributed by atoms with Crippen LogP contribution >= 0.6 is 0 Å². The maximum absolute atomic E-state index is 14.0. The number of halogens is 4. The third kappa shape index (κ3) is 4.13. The van der Waals surface area contributed by atoms with Gasteiger partial charge in [0.15, 0.2) is 23.3 Å². The summed E-state index contributed by atoms with van der Waals surface area (Å²) in [4.78, 5) is 25.4. The Morgan fingerprint density at radius 3 is 2.07 bits per heavy atom. The monoisotopic (exact) mass is 398 g/mol. The number of aromatic hydroxyl groups is 1. The molecule has 0 bridgehead atoms. The molecule has 0 fully saturated rings. The van der Waals surface area contributed by atoms with Gasteiger partial charge in [-0.2, -0.15) is 0 Å². The molecule has 1 unspecified atom stereocenters. The lowest BCUT2D eigenvalue weighted by molar-refractivity contribution is -0.139. The summed E-state index contributed by atoms with van der Waals surface area (Å²) in [5.41, 5.74) is 5.21. The predicted molar refractivity (Wildman–Crippen MR) is 85.8 cm³/mol. The van der Waals surface area contributed by atoms with Crippen LogP contribution in [0.3, 0.4) is 0 Å². The quantitative estimate of drug-likeness (QED) is 0.226. The maximum atomic E-state index is 14.0. The number of rotatable bonds is 6. The first-order valence-electron chi connectivity index (χ1n) is 7.40. The van der Waals surface area contributed by atoms with Crippen LogP contribution in [0.5, 0.6) is 5.75 Å². The fourth-order valence-corrected chi connectivity index (χ4v) is 2.25. The van der Waals surface area contributed by atoms with Crippen LogP contribution in [0.4, 0.5) is 23.2 Å². The van der Waals surface area contributed by atoms with Gasteiger partial charge < -0.3 is 15.5 Å². The van der Waals surface area contributed by atoms with Gasteiger partial charge in [0.2, 0.25) is 0 Å². The van der Waals surface area contributed by atoms with E-state index in [2.05, 4.69) is 5.11 Å². The van der Waals surface area contributed by atoms with Crippen molar-refractivity contribution >= 4 is 17.6 Å². The minimum absolute atomic E-state index is 0.102. The van der Waals surface area contributed by atoms with Crippen molar-refractivity contribution in [2.24, 2.45) is 5.11 Å². The number of nitrogens with one attached hydrogen (secondary N) is 1. The Balaban J connectivity index is 2.37. The third-order valence-electron chi connectivity index (χ3n) is 3.59. The van der Waals surface area contributed by atoms with Crippen LogP contribution in [-0.2, 0) is 11.2 Å². The van der Waals surface area contributed by atoms with E-state index >= 15 is 0 Å². The van der Waals surface area contributed by atoms with Gasteiger partial charge >= 0.3 is 5.97 Å². The molecular formula is C16H10F4N4O4. The van der Waals surface area contributed by atoms with Gasteiger partial charge in [-0.3, -0.25) is 4.79 Å². The first-order chi connectivity index (χ1) is 13.2. The highest BCUT2D eigenvalue weighted by molar-refractivity contribution is 5.97. The lowest BCUT2D eigenvalue weighted by Crippen LogP contribution is -2.43. The SMILES string of the molecule is [N-]=[N+]=Nc1c(F)c(F)c(C(=O)NC(Cc2ccc(O)cc2)C(=O)O)c(F)c1F. The van der Waals surface area contributed by atoms with Crippen LogP contribution in [0.2, 0.25) is 0 Å². The number of hydrogen-bond donors (Lipinski definition) is 3. The number of nitrogens with zero attached hydrogens (tertiary/aromatic N) is 3. The molecule has 0 aromatic heterocycles. The van der Waals surface area contributed by atoms with Crippen LogP contribution in [0.1, 0.15) is 15.9 Å². The van der Waals surface area contributed by atoms with E-state index in [9.17, 15) is 37.4 Å². The molecular weight excluding hydrogens is 388 g/mol. The second-order valence-corrected chi connectivity index (χ2v) is 5.40. The zero-order valence-electron chi connectivity index (χ0n) is 13.7. The van der Waals surface area contributed by atoms with Gasteiger partial charge in [-0.15, -0.1) is 0 Å². The van der Waals surface area contributed by atoms with Gasteiger partial charge in [0.25, 0.3) is 5.91 Å². The Morgan fingerprint density at radius 1 is 1.07 bits per heavy atom. The Morgan fingerprint density at radius 2 is 1.61 bits per heavy atom. The number of carboxylic acid groups (broad SMARTS) is 1. The van der Waals surface area contributed by atoms with E-state index in [0.717, 1.165) is 0 Å². The summed E-state index contributed by atoms with van der Waals surface area (Å²) in [6, 6.07) is 3.46. The van der Waals surface area contributed by atoms with Crippen molar-refractivity contribution in [3.05, 3.63) is 69.1 Å². The second kappa shape index (κ2) is 8.27. The summed E-state index contributed by atoms with van der Waals surface area (Å²) in [6.45, 7) is 0. The third-order valence-corrected chi connectivity index (χ3v) is 3.59. The normalized spacial score (nSPS) is 11.4. The highest BCUT2D eigenvalue weighted by Gasteiger charge is 2.31. The molecule has 2 rings (SSSR count). The lowest BCUT2D eigenvalue weighted by Gasteiger charge is -2.16. The van der Waals surface area contributed by atoms with Crippen molar-refractivity contribution in [2.75, 3.05) is 0 Å². The Bertz CT molecular complexity index is 962. The van der Waals surface area contributed by atoms with E-state index in [-0.39, 0.29) is 12.2 Å². The molecule has 0 aliphatic heterocycles. The zero-order valence-corrected chi connectivity index (χ0v) is 13.7. The molecule has 0 saturated carbocycles. The average Bonchev–Trinajstić information content (AvgIpc) is 2.65. The maximum Gasteiger partial charge on any atom is 0.326 e. The minimum atomic E-state index is -2.15. The molecule has 2 aromatic carbocycles. The largest absolute Gasteiger partial charge is 0.508 e. The van der Waals surface area contributed by atoms with Gasteiger partial charge in [-0.1, -0.05) is 17.2 Å². The molecule has 0 spiro atoms. The smallest absolute Gasteiger partial charge is 0.326 e. The van der Waals surface area contributed by atoms with E-state index in [0.29, 0.717) is 5.56 Å². The number of aliphatic carboxylic acids is 1. The van der Waals surface area contributed by atoms with Gasteiger partial charge in [-0.25, -0.2) is 22.4 Å². The topological polar surface area (TPSA) is 135 Å². The van der Waals surface area contributed by atoms with Crippen LogP contribution < -0.4 is 5.32 Å². The number of benzene rings is 2. The number of carboxylic acids is 1. The molecule has 0 radical (unpaired) electrons. The molecule has 12 heteroatoms. The van der Waals surface area contributed by atoms with E-state index in [1.54, 1.807) is 5.32 Å². The molecule has 0 saturated heterocycles. The molecule has 28 heavy (non-hydrogen) atoms. The number of carbonyl (C=O) groups excluding carboxylic acids is 1. The number of amides is 1. The highest BCUT2D eigenvalue weighted by Crippen LogP contribution is 2.30. The Labute approximate surface area is 153 Å². The van der Waals surface area contributed by atoms with Gasteiger partial charge in [0, 0.05) is 11.3 Å². The number of hydrogen-bond acceptors (Lipinski definition) is 4. The zero-order chi connectivity index (χ0) is 21.0. The Kier molecular flexibility index (Phi) is 6.06. The molecule has 2 aromatic rings. The van der Waals surface area contributed by atoms with Gasteiger partial charge in [0.1, 0.15) is 23.0 Å². The fourth-order valence-electron chi connectivity index (χ4n) is 2.25. The van der Waals surface area contributed by atoms with E-state index in [1.807, 2.05) is 4.91 Å². The summed E-state index contributed by atoms with van der Waals surface area (Å²) >= 11 is 0. The summed E-state index contributed by atoms with van der Waals surface area (Å²) in [6.07, 6.45) is -0.355. The molecule has 1 amide bonds. The lowest BCUT2D eigenvalue weighted by atomic mass is 10.0. The molecule has 146 valence electrons. The van der Waals surface area contributed by atoms with Crippen molar-refractivity contribution in [3.8, 4) is 5.75 Å². The van der Waals surface area contributed by atoms with Crippen molar-refractivity contribution in [1.82, 2.24) is 5.32 Å². The highest BCUT2D eigenvalue weighted by atomic mass is 19.2. The van der Waals surface area contributed by atoms with E-state index < -0.39 is 52.4 Å². The minimum Gasteiger partial charge on any atom is -0.508 e. The number of azide groups is 1. The number of phenols is 1. The number of phenolic OH excluding ortho intramolecular Hbond substituents is 1. The summed E-state index contributed by atoms with van der Waals surface area (Å²) in [5, 5.41) is 22.6. The molecule has 0 aliphatic rings. The number of carbonyl (C=O) groups is 2. The van der Waals surface area contributed by atoms with Crippen molar-refractivity contribution in [3.63, 3.8) is 0 Å². The van der Waals surface area contributed by atoms with Crippen LogP contribution in [-0.4, -0.2) is 28.1 Å². The van der Waals surface area contributed by atoms with Crippen LogP contribution in [0.15, 0.2) is 29.4 Å². The predicted octanol–water partition coefficient (Wildman–Crippen LogP) is 3.32. The van der Waals surface area contributed by atoms with Crippen molar-refractivity contribution < 1.29 is 37.4 Å². The van der Waals surface area contributed by atoms with Crippen molar-refractivity contribution in [1.29, 1.82) is 0 Å². The Hall–Kier alpha value is -3.79. The fraction of sp³-hybridized carbons (Fsp3) is 0.125. The van der Waals surface area contributed by atoms with Crippen LogP contribution in [0.25, 0.3) is 10.4 Å². The first kappa shape index (κ1) is 20.5. The summed E-state index contributed by atoms with van der Waals surface area (Å²) < 4.78 is 55.5. The van der Waals surface area contributed by atoms with Crippen LogP contribution in [0, 0.1) is 23.3 Å². The molecule has 3 N–H and O–H groups in total. The second-order valence-electron chi connectivity index (χ2n) is 5.40. The van der Waals surface area contributed by atoms with E-state index in [4.69, 9.17) is 5.53 Å². The summed E-state index contributed by atoms with van der Waals surface area (Å²) in [7, 11) is 0. The molecule has 0 aliphatic carbocycles. The van der Waals surface area contributed by atoms with Gasteiger partial charge in [0.05, 0.1) is 0 Å². The average molecular weight is 398 g/mol. The molecule has 1 atom stereocenters. The summed E-state index contributed by atoms with van der Waals surface area (Å²) in [5.74, 6) is -11.9. The molecule has 8 nitrogen and oxygen atoms in total. The molecule has 0 heterocycles. The van der Waals surface area contributed by atoms with Gasteiger partial charge in [-0.05, 0) is 23.2 Å². The van der Waals surface area contributed by atoms with E-state index in [1.165, 1.54) is 24.3 Å².